The molecule has 0 amide bonds. The molecule has 8 aliphatic carbocycles. The quantitative estimate of drug-likeness (QED) is 0.261. The molecule has 0 nitrogen and oxygen atoms in total. The van der Waals surface area contributed by atoms with Crippen molar-refractivity contribution in [1.82, 2.24) is 0 Å². The van der Waals surface area contributed by atoms with Gasteiger partial charge in [0.05, 0.1) is 0 Å². The molecule has 17 unspecified atom stereocenters. The first kappa shape index (κ1) is 36.9. The van der Waals surface area contributed by atoms with Gasteiger partial charge in [0.1, 0.15) is 0 Å². The Morgan fingerprint density at radius 3 is 1.64 bits per heavy atom. The van der Waals surface area contributed by atoms with Gasteiger partial charge in [-0.3, -0.25) is 0 Å². The van der Waals surface area contributed by atoms with Crippen LogP contribution in [0.1, 0.15) is 192 Å². The zero-order valence-electron chi connectivity index (χ0n) is 35.5. The Morgan fingerprint density at radius 1 is 0.520 bits per heavy atom. The molecule has 8 fully saturated rings. The first-order chi connectivity index (χ1) is 23.8. The first-order valence-electron chi connectivity index (χ1n) is 23.8. The molecule has 0 aromatic rings. The van der Waals surface area contributed by atoms with E-state index in [1.165, 1.54) is 51.4 Å². The van der Waals surface area contributed by atoms with Gasteiger partial charge in [0.15, 0.2) is 0 Å². The molecule has 0 bridgehead atoms. The maximum Gasteiger partial charge on any atom is -0.0227 e. The van der Waals surface area contributed by atoms with Crippen LogP contribution < -0.4 is 0 Å². The zero-order chi connectivity index (χ0) is 35.5. The Hall–Kier alpha value is 0. The molecular formula is C50H86. The summed E-state index contributed by atoms with van der Waals surface area (Å²) >= 11 is 0. The highest BCUT2D eigenvalue weighted by molar-refractivity contribution is 5.21. The summed E-state index contributed by atoms with van der Waals surface area (Å²) in [6.07, 6.45) is 27.7. The predicted molar refractivity (Wildman–Crippen MR) is 215 cm³/mol. The maximum absolute atomic E-state index is 2.83. The summed E-state index contributed by atoms with van der Waals surface area (Å²) < 4.78 is 0. The molecule has 0 saturated heterocycles. The summed E-state index contributed by atoms with van der Waals surface area (Å²) in [7, 11) is 0. The van der Waals surface area contributed by atoms with Crippen molar-refractivity contribution in [2.45, 2.75) is 192 Å². The largest absolute Gasteiger partial charge is 0.0649 e. The number of hydrogen-bond donors (Lipinski definition) is 0. The summed E-state index contributed by atoms with van der Waals surface area (Å²) in [4.78, 5) is 0. The average Bonchev–Trinajstić information content (AvgIpc) is 3.49. The lowest BCUT2D eigenvalue weighted by atomic mass is 9.43. The molecule has 0 radical (unpaired) electrons. The van der Waals surface area contributed by atoms with Crippen LogP contribution in [0.2, 0.25) is 0 Å². The van der Waals surface area contributed by atoms with E-state index in [1.54, 1.807) is 64.2 Å². The van der Waals surface area contributed by atoms with Crippen LogP contribution in [0.15, 0.2) is 0 Å². The summed E-state index contributed by atoms with van der Waals surface area (Å²) in [5, 5.41) is 0. The minimum absolute atomic E-state index is 0.507. The molecule has 0 heteroatoms. The number of hydrogen-bond acceptors (Lipinski definition) is 0. The molecule has 1 spiro atoms. The van der Waals surface area contributed by atoms with E-state index in [1.807, 2.05) is 0 Å². The summed E-state index contributed by atoms with van der Waals surface area (Å²) in [5.74, 6) is 17.1. The highest BCUT2D eigenvalue weighted by Gasteiger charge is 2.73. The van der Waals surface area contributed by atoms with Gasteiger partial charge >= 0.3 is 0 Å². The molecule has 8 rings (SSSR count). The molecule has 50 heavy (non-hydrogen) atoms. The highest BCUT2D eigenvalue weighted by atomic mass is 14.8. The Labute approximate surface area is 313 Å². The minimum Gasteiger partial charge on any atom is -0.0649 e. The molecule has 8 saturated carbocycles. The van der Waals surface area contributed by atoms with Crippen LogP contribution in [0.4, 0.5) is 0 Å². The van der Waals surface area contributed by atoms with Gasteiger partial charge in [-0.1, -0.05) is 128 Å². The van der Waals surface area contributed by atoms with E-state index in [4.69, 9.17) is 0 Å². The van der Waals surface area contributed by atoms with Crippen molar-refractivity contribution in [2.75, 3.05) is 0 Å². The van der Waals surface area contributed by atoms with Gasteiger partial charge in [-0.25, -0.2) is 0 Å². The van der Waals surface area contributed by atoms with Gasteiger partial charge < -0.3 is 0 Å². The molecule has 8 aliphatic rings. The second-order valence-corrected chi connectivity index (χ2v) is 23.5. The summed E-state index contributed by atoms with van der Waals surface area (Å²) in [6.45, 7) is 29.7. The third kappa shape index (κ3) is 5.26. The molecule has 0 heterocycles. The Balaban J connectivity index is 1.28. The van der Waals surface area contributed by atoms with E-state index in [0.717, 1.165) is 101 Å². The average molecular weight is 687 g/mol. The van der Waals surface area contributed by atoms with Crippen LogP contribution >= 0.6 is 0 Å². The van der Waals surface area contributed by atoms with Crippen molar-refractivity contribution in [3.63, 3.8) is 0 Å². The van der Waals surface area contributed by atoms with Gasteiger partial charge in [0.25, 0.3) is 0 Å². The number of rotatable bonds is 6. The smallest absolute Gasteiger partial charge is 0.0227 e. The van der Waals surface area contributed by atoms with Crippen LogP contribution in [0.25, 0.3) is 0 Å². The van der Waals surface area contributed by atoms with E-state index in [2.05, 4.69) is 76.2 Å². The Bertz CT molecular complexity index is 1170. The van der Waals surface area contributed by atoms with Gasteiger partial charge in [0.2, 0.25) is 0 Å². The van der Waals surface area contributed by atoms with Crippen LogP contribution in [0, 0.1) is 122 Å². The molecule has 0 N–H and O–H groups in total. The van der Waals surface area contributed by atoms with Crippen LogP contribution in [0.3, 0.4) is 0 Å². The third-order valence-electron chi connectivity index (χ3n) is 22.0. The normalized spacial score (nSPS) is 52.7. The maximum atomic E-state index is 2.83. The highest BCUT2D eigenvalue weighted by Crippen LogP contribution is 2.79. The van der Waals surface area contributed by atoms with Gasteiger partial charge in [-0.15, -0.1) is 0 Å². The number of fused-ring (bicyclic) bond motifs is 12. The van der Waals surface area contributed by atoms with Crippen molar-refractivity contribution in [1.29, 1.82) is 0 Å². The molecule has 0 aromatic carbocycles. The fraction of sp³-hybridized carbons (Fsp3) is 1.00. The topological polar surface area (TPSA) is 0 Å². The minimum atomic E-state index is 0.507. The van der Waals surface area contributed by atoms with Crippen molar-refractivity contribution in [3.05, 3.63) is 0 Å². The Morgan fingerprint density at radius 2 is 1.04 bits per heavy atom. The lowest BCUT2D eigenvalue weighted by Crippen LogP contribution is -2.54. The van der Waals surface area contributed by atoms with Crippen molar-refractivity contribution in [2.24, 2.45) is 122 Å². The lowest BCUT2D eigenvalue weighted by Gasteiger charge is -2.61. The van der Waals surface area contributed by atoms with Crippen molar-refractivity contribution in [3.8, 4) is 0 Å². The SMILES string of the molecule is CCC(C)(CC)C1CC(C(C)(CC)CC)CC2(C1)C1CCC3C(C4CC5CCCCC5CC4C3(C)C)C1C1CC(C)C3C(C)CC(C)CC3C12. The standard InChI is InChI=1S/C50H86/c1-12-48(10,13-2)35-27-36(49(11,14-3)15-4)29-50(28-35)41-21-20-40-44(37-25-33-18-16-17-19-34(33)26-42(37)47(40,8)9)45(41)39-24-32(7)43-31(6)22-30(5)23-38(43)46(39)50/h30-46H,12-29H2,1-11H3. The van der Waals surface area contributed by atoms with E-state index >= 15 is 0 Å². The van der Waals surface area contributed by atoms with Crippen LogP contribution in [-0.2, 0) is 0 Å². The lowest BCUT2D eigenvalue weighted by molar-refractivity contribution is -0.124. The molecular weight excluding hydrogens is 601 g/mol. The molecule has 286 valence electrons. The van der Waals surface area contributed by atoms with E-state index in [0.29, 0.717) is 21.7 Å². The monoisotopic (exact) mass is 687 g/mol. The third-order valence-corrected chi connectivity index (χ3v) is 22.0. The van der Waals surface area contributed by atoms with Gasteiger partial charge in [0, 0.05) is 0 Å². The van der Waals surface area contributed by atoms with Gasteiger partial charge in [-0.2, -0.15) is 0 Å². The summed E-state index contributed by atoms with van der Waals surface area (Å²) in [5.41, 5.74) is 2.18. The fourth-order valence-electron chi connectivity index (χ4n) is 19.1. The first-order valence-corrected chi connectivity index (χ1v) is 23.8. The molecule has 0 aromatic heterocycles. The second kappa shape index (κ2) is 13.1. The molecule has 0 aliphatic heterocycles. The second-order valence-electron chi connectivity index (χ2n) is 23.5. The van der Waals surface area contributed by atoms with E-state index in [-0.39, 0.29) is 0 Å². The van der Waals surface area contributed by atoms with Crippen LogP contribution in [0.5, 0.6) is 0 Å². The fourth-order valence-corrected chi connectivity index (χ4v) is 19.1. The molecule has 17 atom stereocenters. The Kier molecular flexibility index (Phi) is 9.65. The van der Waals surface area contributed by atoms with Crippen molar-refractivity contribution >= 4 is 0 Å². The van der Waals surface area contributed by atoms with Crippen LogP contribution in [-0.4, -0.2) is 0 Å². The predicted octanol–water partition coefficient (Wildman–Crippen LogP) is 14.8. The van der Waals surface area contributed by atoms with E-state index < -0.39 is 0 Å². The summed E-state index contributed by atoms with van der Waals surface area (Å²) in [6, 6.07) is 0. The van der Waals surface area contributed by atoms with Gasteiger partial charge in [-0.05, 0) is 186 Å². The zero-order valence-corrected chi connectivity index (χ0v) is 35.5. The van der Waals surface area contributed by atoms with E-state index in [9.17, 15) is 0 Å². The van der Waals surface area contributed by atoms with Crippen molar-refractivity contribution < 1.29 is 0 Å².